The monoisotopic (exact) mass is 163 g/mol. The standard InChI is InChI=1S/C10H13NO/c1-4-7(3)9-8(5-2)6-11-10(9)12/h5H,2-4,6H2,1H3,(H,11,12). The predicted octanol–water partition coefficient (Wildman–Crippen LogP) is 1.56. The quantitative estimate of drug-likeness (QED) is 0.672. The molecular formula is C10H13NO. The Kier molecular flexibility index (Phi) is 2.48. The van der Waals surface area contributed by atoms with E-state index < -0.39 is 0 Å². The second-order valence-corrected chi connectivity index (χ2v) is 2.74. The van der Waals surface area contributed by atoms with Gasteiger partial charge in [-0.25, -0.2) is 0 Å². The lowest BCUT2D eigenvalue weighted by molar-refractivity contribution is -0.116. The Bertz CT molecular complexity index is 274. The zero-order valence-corrected chi connectivity index (χ0v) is 7.31. The van der Waals surface area contributed by atoms with Crippen molar-refractivity contribution in [1.29, 1.82) is 0 Å². The summed E-state index contributed by atoms with van der Waals surface area (Å²) in [5, 5.41) is 2.74. The molecule has 2 heteroatoms. The third kappa shape index (κ3) is 1.33. The van der Waals surface area contributed by atoms with Crippen molar-refractivity contribution in [1.82, 2.24) is 5.32 Å². The van der Waals surface area contributed by atoms with Gasteiger partial charge in [-0.15, -0.1) is 0 Å². The second-order valence-electron chi connectivity index (χ2n) is 2.74. The molecule has 1 aliphatic heterocycles. The molecule has 1 heterocycles. The number of nitrogens with one attached hydrogen (secondary N) is 1. The van der Waals surface area contributed by atoms with Crippen molar-refractivity contribution >= 4 is 5.91 Å². The van der Waals surface area contributed by atoms with Crippen LogP contribution in [0.2, 0.25) is 0 Å². The maximum Gasteiger partial charge on any atom is 0.252 e. The fraction of sp³-hybridized carbons (Fsp3) is 0.300. The Labute approximate surface area is 72.7 Å². The zero-order valence-electron chi connectivity index (χ0n) is 7.31. The van der Waals surface area contributed by atoms with Crippen molar-refractivity contribution in [3.63, 3.8) is 0 Å². The maximum absolute atomic E-state index is 11.3. The van der Waals surface area contributed by atoms with Crippen LogP contribution in [0.25, 0.3) is 0 Å². The lowest BCUT2D eigenvalue weighted by atomic mass is 10.0. The van der Waals surface area contributed by atoms with E-state index in [4.69, 9.17) is 0 Å². The summed E-state index contributed by atoms with van der Waals surface area (Å²) in [6.45, 7) is 10.1. The molecule has 0 aromatic carbocycles. The molecule has 1 N–H and O–H groups in total. The van der Waals surface area contributed by atoms with E-state index in [1.54, 1.807) is 6.08 Å². The summed E-state index contributed by atoms with van der Waals surface area (Å²) in [5.41, 5.74) is 2.58. The van der Waals surface area contributed by atoms with Gasteiger partial charge >= 0.3 is 0 Å². The van der Waals surface area contributed by atoms with E-state index in [0.29, 0.717) is 6.54 Å². The molecule has 64 valence electrons. The highest BCUT2D eigenvalue weighted by molar-refractivity contribution is 6.01. The first kappa shape index (κ1) is 8.78. The van der Waals surface area contributed by atoms with Crippen molar-refractivity contribution in [3.05, 3.63) is 36.0 Å². The molecule has 0 radical (unpaired) electrons. The lowest BCUT2D eigenvalue weighted by Gasteiger charge is -2.01. The molecule has 0 unspecified atom stereocenters. The maximum atomic E-state index is 11.3. The SMILES string of the molecule is C=CC1=C(C(=C)CC)C(=O)NC1. The summed E-state index contributed by atoms with van der Waals surface area (Å²) in [5.74, 6) is -0.0169. The number of carbonyl (C=O) groups is 1. The Morgan fingerprint density at radius 1 is 1.75 bits per heavy atom. The van der Waals surface area contributed by atoms with Gasteiger partial charge in [0.25, 0.3) is 5.91 Å². The van der Waals surface area contributed by atoms with Crippen molar-refractivity contribution in [2.45, 2.75) is 13.3 Å². The molecule has 0 aromatic heterocycles. The Morgan fingerprint density at radius 2 is 2.42 bits per heavy atom. The number of hydrogen-bond acceptors (Lipinski definition) is 1. The summed E-state index contributed by atoms with van der Waals surface area (Å²) in [6.07, 6.45) is 2.52. The van der Waals surface area contributed by atoms with Crippen LogP contribution in [0.15, 0.2) is 36.0 Å². The lowest BCUT2D eigenvalue weighted by Crippen LogP contribution is -2.17. The molecule has 1 amide bonds. The molecule has 0 fully saturated rings. The van der Waals surface area contributed by atoms with Crippen molar-refractivity contribution < 1.29 is 4.79 Å². The van der Waals surface area contributed by atoms with E-state index in [2.05, 4.69) is 18.5 Å². The summed E-state index contributed by atoms with van der Waals surface area (Å²) >= 11 is 0. The molecule has 0 spiro atoms. The summed E-state index contributed by atoms with van der Waals surface area (Å²) in [6, 6.07) is 0. The third-order valence-electron chi connectivity index (χ3n) is 2.01. The van der Waals surface area contributed by atoms with Crippen LogP contribution in [0.5, 0.6) is 0 Å². The van der Waals surface area contributed by atoms with Crippen LogP contribution in [0.1, 0.15) is 13.3 Å². The van der Waals surface area contributed by atoms with Gasteiger partial charge in [0, 0.05) is 12.1 Å². The summed E-state index contributed by atoms with van der Waals surface area (Å²) in [4.78, 5) is 11.3. The van der Waals surface area contributed by atoms with Crippen molar-refractivity contribution in [3.8, 4) is 0 Å². The molecule has 1 rings (SSSR count). The van der Waals surface area contributed by atoms with Crippen LogP contribution < -0.4 is 5.32 Å². The topological polar surface area (TPSA) is 29.1 Å². The molecule has 0 saturated carbocycles. The first-order valence-corrected chi connectivity index (χ1v) is 4.02. The highest BCUT2D eigenvalue weighted by Gasteiger charge is 2.21. The van der Waals surface area contributed by atoms with Crippen LogP contribution in [0, 0.1) is 0 Å². The van der Waals surface area contributed by atoms with Gasteiger partial charge < -0.3 is 5.32 Å². The fourth-order valence-electron chi connectivity index (χ4n) is 1.24. The minimum Gasteiger partial charge on any atom is -0.348 e. The van der Waals surface area contributed by atoms with Gasteiger partial charge in [-0.3, -0.25) is 4.79 Å². The second kappa shape index (κ2) is 3.39. The van der Waals surface area contributed by atoms with Crippen LogP contribution in [-0.2, 0) is 4.79 Å². The molecule has 0 bridgehead atoms. The molecule has 0 aliphatic carbocycles. The van der Waals surface area contributed by atoms with E-state index in [0.717, 1.165) is 23.1 Å². The molecule has 1 aliphatic rings. The molecule has 2 nitrogen and oxygen atoms in total. The highest BCUT2D eigenvalue weighted by Crippen LogP contribution is 2.20. The number of hydrogen-bond donors (Lipinski definition) is 1. The van der Waals surface area contributed by atoms with E-state index in [1.165, 1.54) is 0 Å². The largest absolute Gasteiger partial charge is 0.348 e. The molecule has 12 heavy (non-hydrogen) atoms. The fourth-order valence-corrected chi connectivity index (χ4v) is 1.24. The van der Waals surface area contributed by atoms with E-state index in [-0.39, 0.29) is 5.91 Å². The van der Waals surface area contributed by atoms with E-state index in [1.807, 2.05) is 6.92 Å². The van der Waals surface area contributed by atoms with Gasteiger partial charge in [0.2, 0.25) is 0 Å². The van der Waals surface area contributed by atoms with Crippen LogP contribution in [0.4, 0.5) is 0 Å². The van der Waals surface area contributed by atoms with Crippen LogP contribution in [-0.4, -0.2) is 12.5 Å². The molecule has 0 saturated heterocycles. The normalized spacial score (nSPS) is 16.2. The van der Waals surface area contributed by atoms with Crippen molar-refractivity contribution in [2.75, 3.05) is 6.54 Å². The number of carbonyl (C=O) groups excluding carboxylic acids is 1. The first-order valence-electron chi connectivity index (χ1n) is 4.02. The number of rotatable bonds is 3. The van der Waals surface area contributed by atoms with Gasteiger partial charge in [-0.05, 0) is 17.6 Å². The van der Waals surface area contributed by atoms with Crippen molar-refractivity contribution in [2.24, 2.45) is 0 Å². The Hall–Kier alpha value is -1.31. The number of amides is 1. The van der Waals surface area contributed by atoms with E-state index >= 15 is 0 Å². The van der Waals surface area contributed by atoms with Crippen LogP contribution >= 0.6 is 0 Å². The summed E-state index contributed by atoms with van der Waals surface area (Å²) in [7, 11) is 0. The molecular weight excluding hydrogens is 150 g/mol. The van der Waals surface area contributed by atoms with Gasteiger partial charge in [0.15, 0.2) is 0 Å². The van der Waals surface area contributed by atoms with Gasteiger partial charge in [-0.1, -0.05) is 26.2 Å². The minimum atomic E-state index is -0.0169. The van der Waals surface area contributed by atoms with Gasteiger partial charge in [0.1, 0.15) is 0 Å². The van der Waals surface area contributed by atoms with Crippen LogP contribution in [0.3, 0.4) is 0 Å². The minimum absolute atomic E-state index is 0.0169. The summed E-state index contributed by atoms with van der Waals surface area (Å²) < 4.78 is 0. The molecule has 0 aromatic rings. The Balaban J connectivity index is 3.03. The Morgan fingerprint density at radius 3 is 2.92 bits per heavy atom. The van der Waals surface area contributed by atoms with Gasteiger partial charge in [0.05, 0.1) is 0 Å². The molecule has 0 atom stereocenters. The van der Waals surface area contributed by atoms with Gasteiger partial charge in [-0.2, -0.15) is 0 Å². The predicted molar refractivity (Wildman–Crippen MR) is 49.7 cm³/mol. The average molecular weight is 163 g/mol. The average Bonchev–Trinajstić information content (AvgIpc) is 2.45. The van der Waals surface area contributed by atoms with E-state index in [9.17, 15) is 4.79 Å². The highest BCUT2D eigenvalue weighted by atomic mass is 16.1. The first-order chi connectivity index (χ1) is 5.70. The zero-order chi connectivity index (χ0) is 9.14. The smallest absolute Gasteiger partial charge is 0.252 e. The third-order valence-corrected chi connectivity index (χ3v) is 2.01.